The molecule has 0 saturated heterocycles. The smallest absolute Gasteiger partial charge is 0.177 e. The Labute approximate surface area is 101 Å². The van der Waals surface area contributed by atoms with Crippen molar-refractivity contribution in [2.45, 2.75) is 6.42 Å². The molecule has 0 aliphatic rings. The second-order valence-electron chi connectivity index (χ2n) is 2.66. The van der Waals surface area contributed by atoms with Gasteiger partial charge in [0, 0.05) is 14.4 Å². The zero-order valence-corrected chi connectivity index (χ0v) is 10.6. The molecule has 0 aromatic heterocycles. The molecule has 0 aliphatic heterocycles. The molecule has 0 amide bonds. The highest BCUT2D eigenvalue weighted by atomic mass is 127. The van der Waals surface area contributed by atoms with Gasteiger partial charge in [0.05, 0.1) is 18.1 Å². The van der Waals surface area contributed by atoms with Gasteiger partial charge < -0.3 is 0 Å². The van der Waals surface area contributed by atoms with E-state index in [1.54, 1.807) is 34.7 Å². The van der Waals surface area contributed by atoms with Gasteiger partial charge in [0.15, 0.2) is 11.6 Å². The first kappa shape index (κ1) is 12.3. The van der Waals surface area contributed by atoms with Crippen molar-refractivity contribution in [3.05, 3.63) is 26.3 Å². The fourth-order valence-corrected chi connectivity index (χ4v) is 2.14. The Morgan fingerprint density at radius 1 is 1.27 bits per heavy atom. The molecule has 1 aromatic rings. The van der Waals surface area contributed by atoms with Gasteiger partial charge in [0.2, 0.25) is 0 Å². The predicted octanol–water partition coefficient (Wildman–Crippen LogP) is 2.01. The summed E-state index contributed by atoms with van der Waals surface area (Å²) in [7, 11) is 2.18. The van der Waals surface area contributed by atoms with Gasteiger partial charge in [0.1, 0.15) is 6.07 Å². The predicted molar refractivity (Wildman–Crippen MR) is 62.5 cm³/mol. The van der Waals surface area contributed by atoms with Crippen molar-refractivity contribution in [3.63, 3.8) is 0 Å². The minimum atomic E-state index is -1.19. The Morgan fingerprint density at radius 3 is 2.33 bits per heavy atom. The molecule has 15 heavy (non-hydrogen) atoms. The lowest BCUT2D eigenvalue weighted by atomic mass is 10.1. The van der Waals surface area contributed by atoms with Gasteiger partial charge in [0.25, 0.3) is 0 Å². The van der Waals surface area contributed by atoms with E-state index >= 15 is 0 Å². The molecular formula is C9H4F2IN2P. The minimum absolute atomic E-state index is 0.000370. The lowest BCUT2D eigenvalue weighted by Gasteiger charge is -2.08. The summed E-state index contributed by atoms with van der Waals surface area (Å²) in [6.07, 6.45) is -0.214. The van der Waals surface area contributed by atoms with Crippen LogP contribution in [0.25, 0.3) is 0 Å². The summed E-state index contributed by atoms with van der Waals surface area (Å²) in [4.78, 5) is 0. The number of rotatable bonds is 1. The normalized spacial score (nSPS) is 9.47. The van der Waals surface area contributed by atoms with Crippen molar-refractivity contribution < 1.29 is 8.78 Å². The molecule has 0 aliphatic carbocycles. The van der Waals surface area contributed by atoms with Crippen LogP contribution >= 0.6 is 31.8 Å². The van der Waals surface area contributed by atoms with Crippen LogP contribution in [-0.4, -0.2) is 0 Å². The van der Waals surface area contributed by atoms with Crippen LogP contribution in [0, 0.1) is 37.9 Å². The van der Waals surface area contributed by atoms with Crippen molar-refractivity contribution in [1.82, 2.24) is 0 Å². The van der Waals surface area contributed by atoms with E-state index in [0.29, 0.717) is 8.87 Å². The third-order valence-electron chi connectivity index (χ3n) is 1.82. The number of hydrogen-bond acceptors (Lipinski definition) is 2. The minimum Gasteiger partial charge on any atom is -0.203 e. The zero-order chi connectivity index (χ0) is 11.6. The van der Waals surface area contributed by atoms with Crippen LogP contribution in [0.3, 0.4) is 0 Å². The van der Waals surface area contributed by atoms with E-state index in [4.69, 9.17) is 10.5 Å². The number of nitrogens with zero attached hydrogens (tertiary/aromatic N) is 2. The van der Waals surface area contributed by atoms with Crippen LogP contribution in [0.15, 0.2) is 0 Å². The molecule has 0 heterocycles. The van der Waals surface area contributed by atoms with Gasteiger partial charge in [-0.15, -0.1) is 9.24 Å². The monoisotopic (exact) mass is 336 g/mol. The molecule has 0 N–H and O–H groups in total. The SMILES string of the molecule is N#CCc1c(F)c(F)c(C#N)c(P)c1I. The van der Waals surface area contributed by atoms with Gasteiger partial charge in [-0.1, -0.05) is 0 Å². The molecule has 1 unspecified atom stereocenters. The Balaban J connectivity index is 3.62. The van der Waals surface area contributed by atoms with Crippen molar-refractivity contribution >= 4 is 37.1 Å². The highest BCUT2D eigenvalue weighted by Gasteiger charge is 2.20. The average molecular weight is 336 g/mol. The van der Waals surface area contributed by atoms with E-state index in [2.05, 4.69) is 9.24 Å². The Kier molecular flexibility index (Phi) is 3.96. The summed E-state index contributed by atoms with van der Waals surface area (Å²) < 4.78 is 27.1. The van der Waals surface area contributed by atoms with Crippen molar-refractivity contribution in [2.24, 2.45) is 0 Å². The molecule has 1 atom stereocenters. The molecule has 2 nitrogen and oxygen atoms in total. The first-order valence-corrected chi connectivity index (χ1v) is 5.42. The highest BCUT2D eigenvalue weighted by Crippen LogP contribution is 2.22. The molecule has 6 heteroatoms. The molecular weight excluding hydrogens is 332 g/mol. The Morgan fingerprint density at radius 2 is 1.87 bits per heavy atom. The number of benzene rings is 1. The number of nitriles is 2. The number of hydrogen-bond donors (Lipinski definition) is 0. The van der Waals surface area contributed by atoms with E-state index in [1.807, 2.05) is 0 Å². The van der Waals surface area contributed by atoms with Gasteiger partial charge in [-0.2, -0.15) is 10.5 Å². The molecule has 1 aromatic carbocycles. The van der Waals surface area contributed by atoms with Crippen LogP contribution in [0.1, 0.15) is 11.1 Å². The Bertz CT molecular complexity index is 473. The summed E-state index contributed by atoms with van der Waals surface area (Å²) in [5, 5.41) is 17.4. The van der Waals surface area contributed by atoms with Crippen molar-refractivity contribution in [2.75, 3.05) is 0 Å². The maximum atomic E-state index is 13.4. The van der Waals surface area contributed by atoms with E-state index in [0.717, 1.165) is 0 Å². The van der Waals surface area contributed by atoms with Gasteiger partial charge in [-0.25, -0.2) is 8.78 Å². The van der Waals surface area contributed by atoms with Gasteiger partial charge in [-0.3, -0.25) is 0 Å². The summed E-state index contributed by atoms with van der Waals surface area (Å²) >= 11 is 1.79. The van der Waals surface area contributed by atoms with Crippen LogP contribution < -0.4 is 5.30 Å². The van der Waals surface area contributed by atoms with Crippen LogP contribution in [0.4, 0.5) is 8.78 Å². The molecule has 1 rings (SSSR count). The molecule has 0 saturated carbocycles. The standard InChI is InChI=1S/C9H4F2IN2P/c10-6-4(1-2-13)8(12)9(15)5(3-14)7(6)11/h1,15H2. The molecule has 0 spiro atoms. The lowest BCUT2D eigenvalue weighted by Crippen LogP contribution is -2.13. The summed E-state index contributed by atoms with van der Waals surface area (Å²) in [5.41, 5.74) is -0.330. The third kappa shape index (κ3) is 2.09. The second-order valence-corrected chi connectivity index (χ2v) is 4.31. The maximum Gasteiger partial charge on any atom is 0.177 e. The molecule has 0 fully saturated rings. The molecule has 76 valence electrons. The molecule has 0 bridgehead atoms. The summed E-state index contributed by atoms with van der Waals surface area (Å²) in [6.45, 7) is 0. The third-order valence-corrected chi connectivity index (χ3v) is 4.21. The van der Waals surface area contributed by atoms with Crippen molar-refractivity contribution in [3.8, 4) is 12.1 Å². The average Bonchev–Trinajstić information content (AvgIpc) is 2.23. The summed E-state index contributed by atoms with van der Waals surface area (Å²) in [6, 6.07) is 3.34. The van der Waals surface area contributed by atoms with E-state index in [1.165, 1.54) is 0 Å². The second kappa shape index (κ2) is 4.83. The van der Waals surface area contributed by atoms with Gasteiger partial charge in [-0.05, 0) is 22.6 Å². The largest absolute Gasteiger partial charge is 0.203 e. The zero-order valence-electron chi connectivity index (χ0n) is 7.31. The molecule has 0 radical (unpaired) electrons. The van der Waals surface area contributed by atoms with Crippen molar-refractivity contribution in [1.29, 1.82) is 10.5 Å². The first-order valence-electron chi connectivity index (χ1n) is 3.76. The van der Waals surface area contributed by atoms with E-state index in [9.17, 15) is 8.78 Å². The van der Waals surface area contributed by atoms with E-state index in [-0.39, 0.29) is 17.5 Å². The van der Waals surface area contributed by atoms with Crippen LogP contribution in [-0.2, 0) is 6.42 Å². The van der Waals surface area contributed by atoms with Crippen LogP contribution in [0.2, 0.25) is 0 Å². The quantitative estimate of drug-likeness (QED) is 0.448. The van der Waals surface area contributed by atoms with Crippen LogP contribution in [0.5, 0.6) is 0 Å². The highest BCUT2D eigenvalue weighted by molar-refractivity contribution is 14.1. The fraction of sp³-hybridized carbons (Fsp3) is 0.111. The van der Waals surface area contributed by atoms with Gasteiger partial charge >= 0.3 is 0 Å². The summed E-state index contributed by atoms with van der Waals surface area (Å²) in [5.74, 6) is -2.29. The fourth-order valence-electron chi connectivity index (χ4n) is 1.07. The topological polar surface area (TPSA) is 47.6 Å². The maximum absolute atomic E-state index is 13.4. The first-order chi connectivity index (χ1) is 7.04. The van der Waals surface area contributed by atoms with E-state index < -0.39 is 11.6 Å². The lowest BCUT2D eigenvalue weighted by molar-refractivity contribution is 0.499. The Hall–Kier alpha value is -0.780. The number of halogens is 3.